The van der Waals surface area contributed by atoms with E-state index in [1.165, 1.54) is 0 Å². The van der Waals surface area contributed by atoms with Crippen LogP contribution in [0, 0.1) is 12.8 Å². The van der Waals surface area contributed by atoms with Crippen molar-refractivity contribution in [2.45, 2.75) is 25.5 Å². The number of hydroxylamine groups is 1. The summed E-state index contributed by atoms with van der Waals surface area (Å²) in [4.78, 5) is 32.1. The number of anilines is 1. The molecule has 2 aliphatic rings. The largest absolute Gasteiger partial charge is 0.489 e. The van der Waals surface area contributed by atoms with Gasteiger partial charge in [-0.3, -0.25) is 19.7 Å². The van der Waals surface area contributed by atoms with Crippen molar-refractivity contribution in [3.63, 3.8) is 0 Å². The Bertz CT molecular complexity index is 962. The van der Waals surface area contributed by atoms with Crippen LogP contribution in [0.2, 0.25) is 0 Å². The van der Waals surface area contributed by atoms with Gasteiger partial charge in [-0.25, -0.2) is 5.48 Å². The molecular weight excluding hydrogens is 420 g/mol. The van der Waals surface area contributed by atoms with Gasteiger partial charge < -0.3 is 14.5 Å². The number of rotatable bonds is 5. The Morgan fingerprint density at radius 3 is 2.42 bits per heavy atom. The summed E-state index contributed by atoms with van der Waals surface area (Å²) in [5.74, 6) is -0.602. The fraction of sp³-hybridized carbons (Fsp3) is 0.440. The number of ether oxygens (including phenoxy) is 1. The van der Waals surface area contributed by atoms with Crippen molar-refractivity contribution in [3.8, 4) is 5.75 Å². The van der Waals surface area contributed by atoms with E-state index in [2.05, 4.69) is 17.0 Å². The maximum absolute atomic E-state index is 13.5. The van der Waals surface area contributed by atoms with E-state index in [4.69, 9.17) is 4.74 Å². The third-order valence-electron chi connectivity index (χ3n) is 6.57. The van der Waals surface area contributed by atoms with Crippen LogP contribution >= 0.6 is 0 Å². The lowest BCUT2D eigenvalue weighted by atomic mass is 9.86. The molecule has 8 nitrogen and oxygen atoms in total. The highest BCUT2D eigenvalue weighted by Crippen LogP contribution is 2.29. The minimum atomic E-state index is -0.705. The van der Waals surface area contributed by atoms with Crippen LogP contribution in [0.1, 0.15) is 12.0 Å². The van der Waals surface area contributed by atoms with Crippen LogP contribution in [0.5, 0.6) is 5.75 Å². The first-order valence-corrected chi connectivity index (χ1v) is 11.4. The third kappa shape index (κ3) is 5.29. The summed E-state index contributed by atoms with van der Waals surface area (Å²) in [5.41, 5.74) is 4.00. The number of hydrogen-bond donors (Lipinski definition) is 2. The Morgan fingerprint density at radius 2 is 1.76 bits per heavy atom. The molecule has 2 amide bonds. The predicted molar refractivity (Wildman–Crippen MR) is 125 cm³/mol. The number of hydrogen-bond acceptors (Lipinski definition) is 6. The van der Waals surface area contributed by atoms with Gasteiger partial charge in [0.15, 0.2) is 0 Å². The van der Waals surface area contributed by atoms with Crippen molar-refractivity contribution < 1.29 is 19.5 Å². The highest BCUT2D eigenvalue weighted by molar-refractivity contribution is 5.90. The molecule has 0 spiro atoms. The molecule has 2 heterocycles. The summed E-state index contributed by atoms with van der Waals surface area (Å²) < 4.78 is 6.13. The Balaban J connectivity index is 1.43. The van der Waals surface area contributed by atoms with Crippen LogP contribution < -0.4 is 15.1 Å². The number of benzene rings is 2. The second-order valence-electron chi connectivity index (χ2n) is 8.91. The van der Waals surface area contributed by atoms with Crippen LogP contribution in [-0.4, -0.2) is 78.7 Å². The van der Waals surface area contributed by atoms with Crippen LogP contribution in [0.3, 0.4) is 0 Å². The average Bonchev–Trinajstić information content (AvgIpc) is 2.83. The van der Waals surface area contributed by atoms with E-state index in [1.54, 1.807) is 5.48 Å². The number of amides is 2. The second-order valence-corrected chi connectivity index (χ2v) is 8.91. The van der Waals surface area contributed by atoms with Crippen molar-refractivity contribution in [2.24, 2.45) is 5.92 Å². The molecule has 8 heteroatoms. The number of likely N-dealkylation sites (N-methyl/N-ethyl adjacent to an activating group) is 1. The zero-order valence-electron chi connectivity index (χ0n) is 19.2. The van der Waals surface area contributed by atoms with Crippen molar-refractivity contribution in [1.82, 2.24) is 15.3 Å². The maximum atomic E-state index is 13.5. The summed E-state index contributed by atoms with van der Waals surface area (Å²) in [6, 6.07) is 17.3. The van der Waals surface area contributed by atoms with Gasteiger partial charge in [0.05, 0.1) is 5.92 Å². The molecule has 2 N–H and O–H groups in total. The minimum Gasteiger partial charge on any atom is -0.489 e. The van der Waals surface area contributed by atoms with Crippen LogP contribution in [0.25, 0.3) is 0 Å². The lowest BCUT2D eigenvalue weighted by Crippen LogP contribution is -2.62. The number of piperazine rings is 1. The van der Waals surface area contributed by atoms with Crippen molar-refractivity contribution >= 4 is 17.5 Å². The van der Waals surface area contributed by atoms with Crippen molar-refractivity contribution in [1.29, 1.82) is 0 Å². The van der Waals surface area contributed by atoms with E-state index >= 15 is 0 Å². The Hall–Kier alpha value is -3.10. The van der Waals surface area contributed by atoms with Gasteiger partial charge in [-0.1, -0.05) is 30.3 Å². The van der Waals surface area contributed by atoms with E-state index in [0.717, 1.165) is 30.1 Å². The van der Waals surface area contributed by atoms with Crippen molar-refractivity contribution in [3.05, 3.63) is 60.2 Å². The molecule has 33 heavy (non-hydrogen) atoms. The quantitative estimate of drug-likeness (QED) is 0.533. The van der Waals surface area contributed by atoms with Gasteiger partial charge in [-0.15, -0.1) is 0 Å². The number of likely N-dealkylation sites (tertiary alicyclic amines) is 1. The number of carbonyl (C=O) groups is 2. The summed E-state index contributed by atoms with van der Waals surface area (Å²) in [6.07, 6.45) is 0.0866. The molecule has 0 aromatic heterocycles. The molecule has 176 valence electrons. The Morgan fingerprint density at radius 1 is 1.03 bits per heavy atom. The summed E-state index contributed by atoms with van der Waals surface area (Å²) in [5, 5.41) is 9.37. The van der Waals surface area contributed by atoms with E-state index < -0.39 is 17.9 Å². The van der Waals surface area contributed by atoms with Crippen LogP contribution in [0.4, 0.5) is 5.69 Å². The number of para-hydroxylation sites is 1. The van der Waals surface area contributed by atoms with Crippen molar-refractivity contribution in [2.75, 3.05) is 44.7 Å². The lowest BCUT2D eigenvalue weighted by molar-refractivity contribution is -0.151. The highest BCUT2D eigenvalue weighted by atomic mass is 16.5. The first-order valence-electron chi connectivity index (χ1n) is 11.4. The lowest BCUT2D eigenvalue weighted by Gasteiger charge is -2.44. The zero-order chi connectivity index (χ0) is 23.4. The molecule has 2 unspecified atom stereocenters. The Kier molecular flexibility index (Phi) is 7.15. The zero-order valence-corrected chi connectivity index (χ0v) is 19.2. The molecule has 0 aliphatic carbocycles. The number of aryl methyl sites for hydroxylation is 1. The number of nitrogens with one attached hydrogen (secondary N) is 1. The summed E-state index contributed by atoms with van der Waals surface area (Å²) >= 11 is 0. The first kappa shape index (κ1) is 23.1. The van der Waals surface area contributed by atoms with Gasteiger partial charge in [0, 0.05) is 38.4 Å². The molecular formula is C25H32N4O4. The monoisotopic (exact) mass is 452 g/mol. The van der Waals surface area contributed by atoms with Gasteiger partial charge in [-0.2, -0.15) is 0 Å². The van der Waals surface area contributed by atoms with Crippen LogP contribution in [-0.2, 0) is 9.59 Å². The third-order valence-corrected chi connectivity index (χ3v) is 6.57. The highest BCUT2D eigenvalue weighted by Gasteiger charge is 2.45. The molecule has 2 aromatic rings. The van der Waals surface area contributed by atoms with Gasteiger partial charge in [0.2, 0.25) is 11.8 Å². The topological polar surface area (TPSA) is 85.3 Å². The molecule has 4 rings (SSSR count). The van der Waals surface area contributed by atoms with E-state index in [-0.39, 0.29) is 12.0 Å². The minimum absolute atomic E-state index is 0.0761. The fourth-order valence-electron chi connectivity index (χ4n) is 4.90. The number of piperidine rings is 1. The normalized spacial score (nSPS) is 23.8. The average molecular weight is 453 g/mol. The standard InChI is InChI=1S/C25H32N4O4/c1-18-7-6-10-20(15-18)33-21-16-22(24(30)26-32)23(27(2)17-21)25(31)29-13-11-28(12-14-29)19-8-4-3-5-9-19/h3-10,15,21-23,32H,11-14,16-17H2,1-2H3,(H,26,30)/t21-,22?,23?/m0/s1. The predicted octanol–water partition coefficient (Wildman–Crippen LogP) is 1.92. The maximum Gasteiger partial charge on any atom is 0.248 e. The summed E-state index contributed by atoms with van der Waals surface area (Å²) in [6.45, 7) is 5.17. The molecule has 3 atom stereocenters. The number of nitrogens with zero attached hydrogens (tertiary/aromatic N) is 3. The SMILES string of the molecule is Cc1cccc(O[C@H]2CC(C(=O)NO)C(C(=O)N3CCN(c4ccccc4)CC3)N(C)C2)c1. The number of carbonyl (C=O) groups excluding carboxylic acids is 2. The molecule has 2 fully saturated rings. The first-order chi connectivity index (χ1) is 16.0. The molecule has 2 aliphatic heterocycles. The van der Waals surface area contributed by atoms with Gasteiger partial charge in [-0.05, 0) is 50.2 Å². The molecule has 0 bridgehead atoms. The molecule has 2 saturated heterocycles. The van der Waals surface area contributed by atoms with E-state index in [1.807, 2.05) is 66.2 Å². The molecule has 0 radical (unpaired) electrons. The van der Waals surface area contributed by atoms with E-state index in [0.29, 0.717) is 26.1 Å². The Labute approximate surface area is 194 Å². The van der Waals surface area contributed by atoms with E-state index in [9.17, 15) is 14.8 Å². The molecule has 0 saturated carbocycles. The van der Waals surface area contributed by atoms with Gasteiger partial charge >= 0.3 is 0 Å². The summed E-state index contributed by atoms with van der Waals surface area (Å²) in [7, 11) is 1.84. The molecule has 2 aromatic carbocycles. The second kappa shape index (κ2) is 10.2. The smallest absolute Gasteiger partial charge is 0.248 e. The van der Waals surface area contributed by atoms with Crippen LogP contribution in [0.15, 0.2) is 54.6 Å². The van der Waals surface area contributed by atoms with Gasteiger partial charge in [0.1, 0.15) is 17.9 Å². The van der Waals surface area contributed by atoms with Gasteiger partial charge in [0.25, 0.3) is 0 Å². The fourth-order valence-corrected chi connectivity index (χ4v) is 4.90.